The predicted octanol–water partition coefficient (Wildman–Crippen LogP) is 3.60. The van der Waals surface area contributed by atoms with E-state index in [1.165, 1.54) is 30.6 Å². The quantitative estimate of drug-likeness (QED) is 0.501. The van der Waals surface area contributed by atoms with Crippen LogP contribution in [0.2, 0.25) is 5.02 Å². The minimum atomic E-state index is -0.828. The molecule has 0 aliphatic carbocycles. The van der Waals surface area contributed by atoms with Crippen molar-refractivity contribution in [3.63, 3.8) is 0 Å². The van der Waals surface area contributed by atoms with Gasteiger partial charge in [0.05, 0.1) is 37.9 Å². The number of aliphatic carboxylic acids is 1. The van der Waals surface area contributed by atoms with Gasteiger partial charge >= 0.3 is 11.9 Å². The van der Waals surface area contributed by atoms with Crippen LogP contribution in [0.3, 0.4) is 0 Å². The third-order valence-electron chi connectivity index (χ3n) is 6.03. The van der Waals surface area contributed by atoms with E-state index in [0.717, 1.165) is 5.01 Å². The van der Waals surface area contributed by atoms with E-state index in [1.807, 2.05) is 12.3 Å². The van der Waals surface area contributed by atoms with Gasteiger partial charge in [-0.3, -0.25) is 14.7 Å². The van der Waals surface area contributed by atoms with Crippen LogP contribution >= 0.6 is 22.9 Å². The van der Waals surface area contributed by atoms with Gasteiger partial charge in [0.15, 0.2) is 10.8 Å². The number of thiazole rings is 1. The van der Waals surface area contributed by atoms with Gasteiger partial charge in [-0.05, 0) is 31.5 Å². The van der Waals surface area contributed by atoms with Crippen molar-refractivity contribution >= 4 is 40.7 Å². The van der Waals surface area contributed by atoms with Gasteiger partial charge < -0.3 is 19.9 Å². The number of hydrogen-bond acceptors (Lipinski definition) is 9. The number of aromatic nitrogens is 1. The molecule has 9 nitrogen and oxygen atoms in total. The van der Waals surface area contributed by atoms with E-state index in [0.29, 0.717) is 48.2 Å². The molecule has 1 fully saturated rings. The standard InChI is InChI=1S/C19H26N4O5S.C6H4ClF/c1-11(18(24)25)8-15-12(2)28-6-5-23(15)10-14-13(19(26)27-3)9-21-16(22-14)17-20-4-7-29-17;7-5-2-1-3-6(8)4-5/h4,7,11-12,15H,5-6,8-10H2,1-3H3,(H,21,22)(H,24,25);1-4H/t11?,12-,15?;/m1./s1. The molecule has 37 heavy (non-hydrogen) atoms. The molecule has 4 rings (SSSR count). The number of halogens is 2. The van der Waals surface area contributed by atoms with Gasteiger partial charge in [-0.1, -0.05) is 24.6 Å². The van der Waals surface area contributed by atoms with Gasteiger partial charge in [-0.25, -0.2) is 14.2 Å². The number of nitrogens with one attached hydrogen (secondary N) is 1. The molecule has 200 valence electrons. The highest BCUT2D eigenvalue weighted by molar-refractivity contribution is 7.11. The lowest BCUT2D eigenvalue weighted by Crippen LogP contribution is -2.53. The molecule has 12 heteroatoms. The van der Waals surface area contributed by atoms with Crippen molar-refractivity contribution in [2.24, 2.45) is 10.9 Å². The molecular formula is C25H30ClFN4O5S. The van der Waals surface area contributed by atoms with Crippen molar-refractivity contribution in [1.29, 1.82) is 0 Å². The summed E-state index contributed by atoms with van der Waals surface area (Å²) in [5.41, 5.74) is 1.18. The van der Waals surface area contributed by atoms with Crippen molar-refractivity contribution in [3.8, 4) is 0 Å². The second-order valence-electron chi connectivity index (χ2n) is 8.60. The van der Waals surface area contributed by atoms with E-state index in [1.54, 1.807) is 25.3 Å². The fraction of sp³-hybridized carbons (Fsp3) is 0.440. The highest BCUT2D eigenvalue weighted by Gasteiger charge is 2.34. The Morgan fingerprint density at radius 3 is 2.81 bits per heavy atom. The van der Waals surface area contributed by atoms with Crippen LogP contribution in [0.4, 0.5) is 4.39 Å². The first-order valence-corrected chi connectivity index (χ1v) is 13.0. The Morgan fingerprint density at radius 2 is 2.22 bits per heavy atom. The number of benzene rings is 1. The molecular weight excluding hydrogens is 523 g/mol. The van der Waals surface area contributed by atoms with E-state index in [-0.39, 0.29) is 24.5 Å². The zero-order chi connectivity index (χ0) is 26.9. The predicted molar refractivity (Wildman–Crippen MR) is 139 cm³/mol. The zero-order valence-electron chi connectivity index (χ0n) is 20.8. The molecule has 2 aliphatic rings. The number of ether oxygens (including phenoxy) is 2. The van der Waals surface area contributed by atoms with Gasteiger partial charge in [0.25, 0.3) is 0 Å². The van der Waals surface area contributed by atoms with Gasteiger partial charge in [0.1, 0.15) is 5.82 Å². The largest absolute Gasteiger partial charge is 0.481 e. The number of carboxylic acid groups (broad SMARTS) is 1. The monoisotopic (exact) mass is 552 g/mol. The molecule has 0 saturated carbocycles. The minimum absolute atomic E-state index is 0.0785. The van der Waals surface area contributed by atoms with Crippen LogP contribution in [0.5, 0.6) is 0 Å². The molecule has 0 bridgehead atoms. The molecule has 1 aromatic carbocycles. The van der Waals surface area contributed by atoms with Crippen molar-refractivity contribution in [2.75, 3.05) is 33.4 Å². The van der Waals surface area contributed by atoms with Crippen molar-refractivity contribution in [3.05, 3.63) is 63.0 Å². The lowest BCUT2D eigenvalue weighted by Gasteiger charge is -2.41. The van der Waals surface area contributed by atoms with E-state index >= 15 is 0 Å². The Balaban J connectivity index is 0.000000405. The Hall–Kier alpha value is -2.86. The highest BCUT2D eigenvalue weighted by Crippen LogP contribution is 2.24. The number of amidine groups is 1. The average molecular weight is 553 g/mol. The lowest BCUT2D eigenvalue weighted by atomic mass is 9.95. The summed E-state index contributed by atoms with van der Waals surface area (Å²) >= 11 is 6.87. The third-order valence-corrected chi connectivity index (χ3v) is 7.05. The number of morpholine rings is 1. The topological polar surface area (TPSA) is 113 Å². The number of carbonyl (C=O) groups excluding carboxylic acids is 1. The molecule has 1 saturated heterocycles. The van der Waals surface area contributed by atoms with Gasteiger partial charge in [-0.2, -0.15) is 0 Å². The van der Waals surface area contributed by atoms with Gasteiger partial charge in [0, 0.05) is 41.4 Å². The van der Waals surface area contributed by atoms with E-state index in [4.69, 9.17) is 21.1 Å². The normalized spacial score (nSPS) is 20.7. The number of esters is 1. The smallest absolute Gasteiger partial charge is 0.337 e. The summed E-state index contributed by atoms with van der Waals surface area (Å²) in [6.07, 6.45) is 2.06. The summed E-state index contributed by atoms with van der Waals surface area (Å²) in [4.78, 5) is 34.6. The summed E-state index contributed by atoms with van der Waals surface area (Å²) in [5.74, 6) is -1.42. The molecule has 0 spiro atoms. The van der Waals surface area contributed by atoms with Crippen molar-refractivity contribution < 1.29 is 28.6 Å². The Kier molecular flexibility index (Phi) is 10.6. The third kappa shape index (κ3) is 8.06. The molecule has 0 radical (unpaired) electrons. The first kappa shape index (κ1) is 28.7. The summed E-state index contributed by atoms with van der Waals surface area (Å²) in [7, 11) is 1.35. The van der Waals surface area contributed by atoms with Crippen LogP contribution in [0.15, 0.2) is 52.1 Å². The number of carbonyl (C=O) groups is 2. The number of carboxylic acids is 1. The number of rotatable bonds is 7. The maximum absolute atomic E-state index is 12.3. The number of methoxy groups -OCH3 is 1. The fourth-order valence-corrected chi connectivity index (χ4v) is 4.79. The summed E-state index contributed by atoms with van der Waals surface area (Å²) in [5, 5.41) is 15.6. The summed E-state index contributed by atoms with van der Waals surface area (Å²) in [6.45, 7) is 5.50. The molecule has 1 aromatic heterocycles. The van der Waals surface area contributed by atoms with Crippen molar-refractivity contribution in [2.45, 2.75) is 32.4 Å². The second-order valence-corrected chi connectivity index (χ2v) is 9.94. The molecule has 2 N–H and O–H groups in total. The van der Waals surface area contributed by atoms with Crippen LogP contribution in [0.1, 0.15) is 25.3 Å². The molecule has 3 atom stereocenters. The van der Waals surface area contributed by atoms with E-state index in [9.17, 15) is 19.1 Å². The average Bonchev–Trinajstić information content (AvgIpc) is 3.41. The number of aliphatic imine (C=N–C) groups is 1. The fourth-order valence-electron chi connectivity index (χ4n) is 4.01. The molecule has 2 aromatic rings. The van der Waals surface area contributed by atoms with Crippen LogP contribution in [-0.4, -0.2) is 78.3 Å². The molecule has 2 aliphatic heterocycles. The first-order valence-electron chi connectivity index (χ1n) is 11.7. The highest BCUT2D eigenvalue weighted by atomic mass is 35.5. The van der Waals surface area contributed by atoms with Gasteiger partial charge in [-0.15, -0.1) is 11.3 Å². The van der Waals surface area contributed by atoms with Crippen LogP contribution in [-0.2, 0) is 19.1 Å². The Bertz CT molecular complexity index is 1130. The van der Waals surface area contributed by atoms with Crippen LogP contribution in [0, 0.1) is 11.7 Å². The van der Waals surface area contributed by atoms with E-state index in [2.05, 4.69) is 20.2 Å². The number of hydrogen-bond donors (Lipinski definition) is 2. The lowest BCUT2D eigenvalue weighted by molar-refractivity contribution is -0.143. The molecule has 3 heterocycles. The Morgan fingerprint density at radius 1 is 1.43 bits per heavy atom. The summed E-state index contributed by atoms with van der Waals surface area (Å²) < 4.78 is 22.8. The maximum Gasteiger partial charge on any atom is 0.337 e. The minimum Gasteiger partial charge on any atom is -0.481 e. The van der Waals surface area contributed by atoms with Crippen LogP contribution in [0.25, 0.3) is 0 Å². The maximum atomic E-state index is 12.3. The van der Waals surface area contributed by atoms with E-state index < -0.39 is 17.9 Å². The van der Waals surface area contributed by atoms with Crippen LogP contribution < -0.4 is 5.32 Å². The number of nitrogens with zero attached hydrogens (tertiary/aromatic N) is 3. The zero-order valence-corrected chi connectivity index (χ0v) is 22.4. The molecule has 2 unspecified atom stereocenters. The molecule has 0 amide bonds. The SMILES string of the molecule is COC(=O)C1=C(CN2CCO[C@H](C)C2CC(C)C(=O)O)NC(c2nccs2)=NC1.Fc1cccc(Cl)c1. The summed E-state index contributed by atoms with van der Waals surface area (Å²) in [6, 6.07) is 5.74. The second kappa shape index (κ2) is 13.6. The first-order chi connectivity index (χ1) is 17.7. The van der Waals surface area contributed by atoms with Gasteiger partial charge in [0.2, 0.25) is 0 Å². The Labute approximate surface area is 224 Å². The van der Waals surface area contributed by atoms with Crippen molar-refractivity contribution in [1.82, 2.24) is 15.2 Å².